The van der Waals surface area contributed by atoms with Crippen molar-refractivity contribution in [3.63, 3.8) is 0 Å². The lowest BCUT2D eigenvalue weighted by Crippen LogP contribution is -2.46. The Kier molecular flexibility index (Phi) is 4.27. The van der Waals surface area contributed by atoms with Gasteiger partial charge in [0.1, 0.15) is 5.75 Å². The number of fused-ring (bicyclic) bond motifs is 1. The molecule has 2 aliphatic rings. The molecule has 2 atom stereocenters. The van der Waals surface area contributed by atoms with E-state index in [9.17, 15) is 8.42 Å². The van der Waals surface area contributed by atoms with E-state index in [0.29, 0.717) is 40.2 Å². The third-order valence-electron chi connectivity index (χ3n) is 4.38. The molecule has 0 amide bonds. The summed E-state index contributed by atoms with van der Waals surface area (Å²) in [6.45, 7) is 2.20. The fraction of sp³-hybridized carbons (Fsp3) is 0.571. The summed E-state index contributed by atoms with van der Waals surface area (Å²) in [5.74, 6) is 1.07. The summed E-state index contributed by atoms with van der Waals surface area (Å²) in [4.78, 5) is 0.319. The van der Waals surface area contributed by atoms with Gasteiger partial charge in [-0.3, -0.25) is 0 Å². The second kappa shape index (κ2) is 5.87. The Morgan fingerprint density at radius 1 is 1.38 bits per heavy atom. The molecule has 0 aliphatic carbocycles. The average molecular weight is 375 g/mol. The van der Waals surface area contributed by atoms with Crippen molar-refractivity contribution in [1.82, 2.24) is 9.62 Å². The van der Waals surface area contributed by atoms with E-state index in [1.165, 1.54) is 0 Å². The predicted molar refractivity (Wildman–Crippen MR) is 84.0 cm³/mol. The van der Waals surface area contributed by atoms with Crippen molar-refractivity contribution < 1.29 is 13.2 Å². The molecule has 3 rings (SSSR count). The summed E-state index contributed by atoms with van der Waals surface area (Å²) in [5, 5.41) is 3.45. The molecule has 2 saturated heterocycles. The van der Waals surface area contributed by atoms with E-state index in [1.807, 2.05) is 0 Å². The van der Waals surface area contributed by atoms with Gasteiger partial charge in [-0.05, 0) is 59.4 Å². The van der Waals surface area contributed by atoms with Crippen molar-refractivity contribution >= 4 is 26.0 Å². The van der Waals surface area contributed by atoms with E-state index >= 15 is 0 Å². The van der Waals surface area contributed by atoms with Gasteiger partial charge in [0.05, 0.1) is 16.5 Å². The quantitative estimate of drug-likeness (QED) is 0.876. The maximum absolute atomic E-state index is 12.8. The van der Waals surface area contributed by atoms with Gasteiger partial charge in [-0.15, -0.1) is 0 Å². The van der Waals surface area contributed by atoms with Gasteiger partial charge >= 0.3 is 0 Å². The average Bonchev–Trinajstić information content (AvgIpc) is 2.94. The fourth-order valence-electron chi connectivity index (χ4n) is 3.19. The number of hydrogen-bond donors (Lipinski definition) is 1. The van der Waals surface area contributed by atoms with Crippen LogP contribution < -0.4 is 10.1 Å². The van der Waals surface area contributed by atoms with Gasteiger partial charge in [-0.1, -0.05) is 0 Å². The first-order chi connectivity index (χ1) is 10.0. The number of nitrogens with one attached hydrogen (secondary N) is 1. The van der Waals surface area contributed by atoms with Crippen LogP contribution in [0.4, 0.5) is 0 Å². The molecule has 1 N–H and O–H groups in total. The van der Waals surface area contributed by atoms with E-state index in [-0.39, 0.29) is 0 Å². The number of methoxy groups -OCH3 is 1. The van der Waals surface area contributed by atoms with Gasteiger partial charge in [-0.25, -0.2) is 8.42 Å². The molecule has 0 saturated carbocycles. The number of piperidine rings is 1. The van der Waals surface area contributed by atoms with Crippen molar-refractivity contribution in [2.45, 2.75) is 23.8 Å². The molecular formula is C14H19BrN2O3S. The predicted octanol–water partition coefficient (Wildman–Crippen LogP) is 1.83. The zero-order valence-electron chi connectivity index (χ0n) is 11.9. The molecule has 1 aromatic rings. The first kappa shape index (κ1) is 15.3. The van der Waals surface area contributed by atoms with Crippen molar-refractivity contribution in [3.8, 4) is 5.75 Å². The minimum absolute atomic E-state index is 0.319. The third-order valence-corrected chi connectivity index (χ3v) is 6.86. The summed E-state index contributed by atoms with van der Waals surface area (Å²) < 4.78 is 33.0. The zero-order valence-corrected chi connectivity index (χ0v) is 14.3. The number of hydrogen-bond acceptors (Lipinski definition) is 4. The Hall–Kier alpha value is -0.630. The van der Waals surface area contributed by atoms with Crippen LogP contribution in [0.5, 0.6) is 5.75 Å². The van der Waals surface area contributed by atoms with E-state index in [0.717, 1.165) is 19.4 Å². The van der Waals surface area contributed by atoms with E-state index in [2.05, 4.69) is 21.2 Å². The Bertz CT molecular complexity index is 635. The Morgan fingerprint density at radius 2 is 2.19 bits per heavy atom. The summed E-state index contributed by atoms with van der Waals surface area (Å²) in [5.41, 5.74) is 0. The number of benzene rings is 1. The molecule has 7 heteroatoms. The minimum Gasteiger partial charge on any atom is -0.496 e. The lowest BCUT2D eigenvalue weighted by Gasteiger charge is -2.34. The van der Waals surface area contributed by atoms with Gasteiger partial charge in [-0.2, -0.15) is 4.31 Å². The molecule has 2 unspecified atom stereocenters. The normalized spacial score (nSPS) is 26.6. The lowest BCUT2D eigenvalue weighted by atomic mass is 9.95. The number of halogens is 1. The van der Waals surface area contributed by atoms with Crippen LogP contribution in [-0.4, -0.2) is 45.5 Å². The van der Waals surface area contributed by atoms with Gasteiger partial charge < -0.3 is 10.1 Å². The van der Waals surface area contributed by atoms with Crippen LogP contribution in [-0.2, 0) is 10.0 Å². The summed E-state index contributed by atoms with van der Waals surface area (Å²) >= 11 is 3.35. The van der Waals surface area contributed by atoms with Crippen LogP contribution in [0.15, 0.2) is 27.6 Å². The van der Waals surface area contributed by atoms with Gasteiger partial charge in [0.15, 0.2) is 0 Å². The summed E-state index contributed by atoms with van der Waals surface area (Å²) in [6, 6.07) is 5.39. The smallest absolute Gasteiger partial charge is 0.243 e. The van der Waals surface area contributed by atoms with Gasteiger partial charge in [0.25, 0.3) is 0 Å². The van der Waals surface area contributed by atoms with Crippen LogP contribution >= 0.6 is 15.9 Å². The molecule has 0 radical (unpaired) electrons. The summed E-state index contributed by atoms with van der Waals surface area (Å²) in [7, 11) is -1.87. The standard InChI is InChI=1S/C14H19BrN2O3S/c1-20-14-3-2-11(8-12(14)15)21(18,19)17-7-5-13-10(9-17)4-6-16-13/h2-3,8,10,13,16H,4-7,9H2,1H3. The summed E-state index contributed by atoms with van der Waals surface area (Å²) in [6.07, 6.45) is 1.95. The number of rotatable bonds is 3. The first-order valence-electron chi connectivity index (χ1n) is 7.09. The minimum atomic E-state index is -3.43. The Morgan fingerprint density at radius 3 is 2.90 bits per heavy atom. The van der Waals surface area contributed by atoms with Crippen LogP contribution in [0.2, 0.25) is 0 Å². The van der Waals surface area contributed by atoms with Crippen LogP contribution in [0.25, 0.3) is 0 Å². The molecule has 0 aromatic heterocycles. The molecule has 0 bridgehead atoms. The highest BCUT2D eigenvalue weighted by Gasteiger charge is 2.37. The molecule has 2 heterocycles. The fourth-order valence-corrected chi connectivity index (χ4v) is 5.42. The lowest BCUT2D eigenvalue weighted by molar-refractivity contribution is 0.247. The molecular weight excluding hydrogens is 356 g/mol. The van der Waals surface area contributed by atoms with Crippen LogP contribution in [0, 0.1) is 5.92 Å². The van der Waals surface area contributed by atoms with Crippen molar-refractivity contribution in [3.05, 3.63) is 22.7 Å². The Labute approximate surface area is 133 Å². The molecule has 5 nitrogen and oxygen atoms in total. The van der Waals surface area contributed by atoms with Gasteiger partial charge in [0, 0.05) is 19.1 Å². The second-order valence-electron chi connectivity index (χ2n) is 5.56. The molecule has 1 aromatic carbocycles. The molecule has 116 valence electrons. The molecule has 2 fully saturated rings. The highest BCUT2D eigenvalue weighted by atomic mass is 79.9. The maximum atomic E-state index is 12.8. The topological polar surface area (TPSA) is 58.6 Å². The zero-order chi connectivity index (χ0) is 15.0. The first-order valence-corrected chi connectivity index (χ1v) is 9.33. The maximum Gasteiger partial charge on any atom is 0.243 e. The molecule has 0 spiro atoms. The van der Waals surface area contributed by atoms with Crippen molar-refractivity contribution in [1.29, 1.82) is 0 Å². The molecule has 21 heavy (non-hydrogen) atoms. The highest BCUT2D eigenvalue weighted by Crippen LogP contribution is 2.32. The molecule has 2 aliphatic heterocycles. The van der Waals surface area contributed by atoms with Crippen LogP contribution in [0.1, 0.15) is 12.8 Å². The van der Waals surface area contributed by atoms with Crippen molar-refractivity contribution in [2.75, 3.05) is 26.7 Å². The second-order valence-corrected chi connectivity index (χ2v) is 8.35. The largest absolute Gasteiger partial charge is 0.496 e. The number of nitrogens with zero attached hydrogens (tertiary/aromatic N) is 1. The van der Waals surface area contributed by atoms with Crippen LogP contribution in [0.3, 0.4) is 0 Å². The van der Waals surface area contributed by atoms with E-state index in [1.54, 1.807) is 29.6 Å². The Balaban J connectivity index is 1.85. The van der Waals surface area contributed by atoms with Crippen molar-refractivity contribution in [2.24, 2.45) is 5.92 Å². The number of sulfonamides is 1. The highest BCUT2D eigenvalue weighted by molar-refractivity contribution is 9.10. The third kappa shape index (κ3) is 2.84. The van der Waals surface area contributed by atoms with E-state index in [4.69, 9.17) is 4.74 Å². The van der Waals surface area contributed by atoms with E-state index < -0.39 is 10.0 Å². The number of ether oxygens (including phenoxy) is 1. The monoisotopic (exact) mass is 374 g/mol. The van der Waals surface area contributed by atoms with Gasteiger partial charge in [0.2, 0.25) is 10.0 Å². The SMILES string of the molecule is COc1ccc(S(=O)(=O)N2CCC3NCCC3C2)cc1Br.